The highest BCUT2D eigenvalue weighted by Gasteiger charge is 2.30. The maximum Gasteiger partial charge on any atom is 0.165 e. The van der Waals surface area contributed by atoms with Crippen LogP contribution in [0.4, 0.5) is 4.39 Å². The maximum absolute atomic E-state index is 14.2. The average Bonchev–Trinajstić information content (AvgIpc) is 2.97. The Hall–Kier alpha value is -2.31. The van der Waals surface area contributed by atoms with Gasteiger partial charge in [-0.15, -0.1) is 0 Å². The van der Waals surface area contributed by atoms with Crippen molar-refractivity contribution in [1.82, 2.24) is 10.2 Å². The Morgan fingerprint density at radius 1 is 0.926 bits per heavy atom. The number of para-hydroxylation sites is 1. The second-order valence-corrected chi connectivity index (χ2v) is 6.51. The van der Waals surface area contributed by atoms with E-state index in [0.29, 0.717) is 17.2 Å². The van der Waals surface area contributed by atoms with E-state index in [2.05, 4.69) is 10.2 Å². The highest BCUT2D eigenvalue weighted by molar-refractivity contribution is 5.53. The molecule has 1 aliphatic heterocycles. The van der Waals surface area contributed by atoms with Gasteiger partial charge in [0, 0.05) is 30.8 Å². The molecule has 0 bridgehead atoms. The molecule has 5 nitrogen and oxygen atoms in total. The van der Waals surface area contributed by atoms with Crippen LogP contribution in [0, 0.1) is 5.82 Å². The number of hydrogen-bond acceptors (Lipinski definition) is 5. The minimum atomic E-state index is -0.286. The van der Waals surface area contributed by atoms with E-state index in [1.807, 2.05) is 18.2 Å². The molecule has 0 spiro atoms. The minimum absolute atomic E-state index is 0.208. The normalized spacial score (nSPS) is 16.4. The van der Waals surface area contributed by atoms with Crippen LogP contribution < -0.4 is 19.5 Å². The molecule has 0 saturated carbocycles. The number of rotatable bonds is 6. The van der Waals surface area contributed by atoms with Gasteiger partial charge in [0.15, 0.2) is 11.5 Å². The lowest BCUT2D eigenvalue weighted by Gasteiger charge is -2.33. The average molecular weight is 374 g/mol. The van der Waals surface area contributed by atoms with Crippen LogP contribution >= 0.6 is 0 Å². The minimum Gasteiger partial charge on any atom is -0.496 e. The summed E-state index contributed by atoms with van der Waals surface area (Å²) in [5.74, 6) is 1.69. The fourth-order valence-corrected chi connectivity index (χ4v) is 3.73. The highest BCUT2D eigenvalue weighted by Crippen LogP contribution is 2.42. The quantitative estimate of drug-likeness (QED) is 0.841. The Morgan fingerprint density at radius 2 is 1.74 bits per heavy atom. The van der Waals surface area contributed by atoms with E-state index < -0.39 is 0 Å². The molecular weight excluding hydrogens is 347 g/mol. The Bertz CT molecular complexity index is 761. The zero-order chi connectivity index (χ0) is 19.2. The summed E-state index contributed by atoms with van der Waals surface area (Å²) in [6, 6.07) is 10.3. The Morgan fingerprint density at radius 3 is 2.48 bits per heavy atom. The molecule has 1 N–H and O–H groups in total. The van der Waals surface area contributed by atoms with Crippen LogP contribution in [0.2, 0.25) is 0 Å². The first-order valence-electron chi connectivity index (χ1n) is 9.18. The van der Waals surface area contributed by atoms with Crippen molar-refractivity contribution in [3.8, 4) is 17.2 Å². The summed E-state index contributed by atoms with van der Waals surface area (Å²) in [5.41, 5.74) is 1.72. The second-order valence-electron chi connectivity index (χ2n) is 6.51. The van der Waals surface area contributed by atoms with Crippen LogP contribution in [0.1, 0.15) is 23.6 Å². The van der Waals surface area contributed by atoms with E-state index >= 15 is 0 Å². The first-order chi connectivity index (χ1) is 13.2. The third kappa shape index (κ3) is 4.17. The Balaban J connectivity index is 2.18. The second kappa shape index (κ2) is 9.06. The lowest BCUT2D eigenvalue weighted by atomic mass is 9.94. The number of nitrogens with one attached hydrogen (secondary N) is 1. The predicted molar refractivity (Wildman–Crippen MR) is 103 cm³/mol. The van der Waals surface area contributed by atoms with Crippen LogP contribution in [0.25, 0.3) is 0 Å². The van der Waals surface area contributed by atoms with Gasteiger partial charge in [-0.3, -0.25) is 4.90 Å². The third-order valence-electron chi connectivity index (χ3n) is 4.95. The lowest BCUT2D eigenvalue weighted by Crippen LogP contribution is -2.33. The molecule has 1 aliphatic rings. The molecule has 27 heavy (non-hydrogen) atoms. The molecule has 3 rings (SSSR count). The number of ether oxygens (including phenoxy) is 3. The van der Waals surface area contributed by atoms with Gasteiger partial charge in [-0.2, -0.15) is 0 Å². The van der Waals surface area contributed by atoms with E-state index in [1.54, 1.807) is 33.5 Å². The third-order valence-corrected chi connectivity index (χ3v) is 4.95. The van der Waals surface area contributed by atoms with E-state index in [1.165, 1.54) is 6.07 Å². The summed E-state index contributed by atoms with van der Waals surface area (Å²) in [4.78, 5) is 2.34. The molecule has 1 heterocycles. The van der Waals surface area contributed by atoms with E-state index in [0.717, 1.165) is 43.7 Å². The smallest absolute Gasteiger partial charge is 0.165 e. The van der Waals surface area contributed by atoms with E-state index in [9.17, 15) is 4.39 Å². The molecule has 0 aliphatic carbocycles. The summed E-state index contributed by atoms with van der Waals surface area (Å²) in [7, 11) is 4.86. The number of halogens is 1. The van der Waals surface area contributed by atoms with Crippen molar-refractivity contribution < 1.29 is 18.6 Å². The van der Waals surface area contributed by atoms with Gasteiger partial charge >= 0.3 is 0 Å². The topological polar surface area (TPSA) is 43.0 Å². The molecule has 2 aromatic rings. The Kier molecular flexibility index (Phi) is 6.53. The molecule has 1 unspecified atom stereocenters. The maximum atomic E-state index is 14.2. The zero-order valence-corrected chi connectivity index (χ0v) is 16.1. The van der Waals surface area contributed by atoms with Crippen molar-refractivity contribution in [2.45, 2.75) is 12.5 Å². The predicted octanol–water partition coefficient (Wildman–Crippen LogP) is 3.24. The summed E-state index contributed by atoms with van der Waals surface area (Å²) in [5, 5.41) is 3.42. The van der Waals surface area contributed by atoms with Crippen molar-refractivity contribution in [3.05, 3.63) is 53.3 Å². The van der Waals surface area contributed by atoms with Crippen molar-refractivity contribution in [2.75, 3.05) is 47.5 Å². The van der Waals surface area contributed by atoms with E-state index in [-0.39, 0.29) is 11.9 Å². The molecular formula is C21H27FN2O3. The standard InChI is InChI=1S/C21H27FN2O3/c1-25-18-9-8-15(22)14-17(18)20(24-12-5-10-23-11-13-24)16-6-4-7-19(26-2)21(16)27-3/h4,6-9,14,20,23H,5,10-13H2,1-3H3. The molecule has 1 fully saturated rings. The van der Waals surface area contributed by atoms with Gasteiger partial charge in [-0.05, 0) is 37.2 Å². The van der Waals surface area contributed by atoms with Crippen molar-refractivity contribution in [3.63, 3.8) is 0 Å². The number of methoxy groups -OCH3 is 3. The van der Waals surface area contributed by atoms with Gasteiger partial charge < -0.3 is 19.5 Å². The van der Waals surface area contributed by atoms with Crippen LogP contribution in [0.15, 0.2) is 36.4 Å². The van der Waals surface area contributed by atoms with Crippen LogP contribution in [0.3, 0.4) is 0 Å². The highest BCUT2D eigenvalue weighted by atomic mass is 19.1. The van der Waals surface area contributed by atoms with Gasteiger partial charge in [-0.1, -0.05) is 12.1 Å². The summed E-state index contributed by atoms with van der Waals surface area (Å²) in [6.45, 7) is 3.57. The van der Waals surface area contributed by atoms with Crippen molar-refractivity contribution in [1.29, 1.82) is 0 Å². The van der Waals surface area contributed by atoms with Gasteiger partial charge in [0.2, 0.25) is 0 Å². The molecule has 0 aromatic heterocycles. The molecule has 2 aromatic carbocycles. The molecule has 1 saturated heterocycles. The van der Waals surface area contributed by atoms with Crippen LogP contribution in [-0.4, -0.2) is 52.4 Å². The van der Waals surface area contributed by atoms with Gasteiger partial charge in [0.1, 0.15) is 11.6 Å². The monoisotopic (exact) mass is 374 g/mol. The number of hydrogen-bond donors (Lipinski definition) is 1. The SMILES string of the molecule is COc1ccc(F)cc1C(c1cccc(OC)c1OC)N1CCCNCC1. The number of benzene rings is 2. The molecule has 0 amide bonds. The van der Waals surface area contributed by atoms with Gasteiger partial charge in [0.25, 0.3) is 0 Å². The first kappa shape index (κ1) is 19.5. The van der Waals surface area contributed by atoms with Gasteiger partial charge in [0.05, 0.1) is 27.4 Å². The van der Waals surface area contributed by atoms with Crippen LogP contribution in [-0.2, 0) is 0 Å². The Labute approximate surface area is 160 Å². The van der Waals surface area contributed by atoms with Gasteiger partial charge in [-0.25, -0.2) is 4.39 Å². The fourth-order valence-electron chi connectivity index (χ4n) is 3.73. The summed E-state index contributed by atoms with van der Waals surface area (Å²) < 4.78 is 31.0. The van der Waals surface area contributed by atoms with Crippen molar-refractivity contribution in [2.24, 2.45) is 0 Å². The molecule has 146 valence electrons. The van der Waals surface area contributed by atoms with Crippen LogP contribution in [0.5, 0.6) is 17.2 Å². The largest absolute Gasteiger partial charge is 0.496 e. The zero-order valence-electron chi connectivity index (χ0n) is 16.1. The van der Waals surface area contributed by atoms with Crippen molar-refractivity contribution >= 4 is 0 Å². The summed E-state index contributed by atoms with van der Waals surface area (Å²) >= 11 is 0. The summed E-state index contributed by atoms with van der Waals surface area (Å²) in [6.07, 6.45) is 1.01. The first-order valence-corrected chi connectivity index (χ1v) is 9.18. The number of nitrogens with zero attached hydrogens (tertiary/aromatic N) is 1. The lowest BCUT2D eigenvalue weighted by molar-refractivity contribution is 0.229. The fraction of sp³-hybridized carbons (Fsp3) is 0.429. The molecule has 1 atom stereocenters. The molecule has 6 heteroatoms. The van der Waals surface area contributed by atoms with E-state index in [4.69, 9.17) is 14.2 Å². The molecule has 0 radical (unpaired) electrons.